The zero-order valence-corrected chi connectivity index (χ0v) is 13.4. The summed E-state index contributed by atoms with van der Waals surface area (Å²) in [5.41, 5.74) is 0. The van der Waals surface area contributed by atoms with Crippen LogP contribution in [-0.4, -0.2) is 63.8 Å². The molecule has 0 saturated carbocycles. The number of nitrogens with one attached hydrogen (secondary N) is 1. The Bertz CT molecular complexity index is 298. The molecule has 0 aromatic rings. The first-order valence-corrected chi connectivity index (χ1v) is 8.19. The van der Waals surface area contributed by atoms with E-state index in [1.165, 1.54) is 45.4 Å². The number of amides is 1. The van der Waals surface area contributed by atoms with Crippen molar-refractivity contribution in [1.29, 1.82) is 0 Å². The van der Waals surface area contributed by atoms with Gasteiger partial charge in [-0.05, 0) is 13.3 Å². The second-order valence-electron chi connectivity index (χ2n) is 5.70. The first-order valence-electron chi connectivity index (χ1n) is 8.19. The van der Waals surface area contributed by atoms with E-state index < -0.39 is 18.1 Å². The standard InChI is InChI=1S/C16H31NO4.Na.H/c1-3-4-5-6-7-8-9-10-11-12-14(19)17-15(13(2)18)16(20)21;;/h13,15,18H,3-12H2,1-2H3,(H,17,19)(H,20,21);;. The summed E-state index contributed by atoms with van der Waals surface area (Å²) < 4.78 is 0. The van der Waals surface area contributed by atoms with Crippen LogP contribution in [0.25, 0.3) is 0 Å². The van der Waals surface area contributed by atoms with Crippen molar-refractivity contribution in [3.63, 3.8) is 0 Å². The Morgan fingerprint density at radius 2 is 1.41 bits per heavy atom. The number of unbranched alkanes of at least 4 members (excludes halogenated alkanes) is 8. The number of aliphatic carboxylic acids is 1. The molecule has 0 spiro atoms. The molecule has 0 aliphatic rings. The number of aliphatic hydroxyl groups is 1. The summed E-state index contributed by atoms with van der Waals surface area (Å²) in [6.07, 6.45) is 9.77. The predicted octanol–water partition coefficient (Wildman–Crippen LogP) is 2.21. The number of aliphatic hydroxyl groups excluding tert-OH is 1. The average molecular weight is 325 g/mol. The van der Waals surface area contributed by atoms with Crippen LogP contribution < -0.4 is 5.32 Å². The van der Waals surface area contributed by atoms with E-state index in [1.807, 2.05) is 0 Å². The van der Waals surface area contributed by atoms with Gasteiger partial charge in [-0.3, -0.25) is 4.79 Å². The van der Waals surface area contributed by atoms with E-state index in [0.717, 1.165) is 19.3 Å². The zero-order valence-electron chi connectivity index (χ0n) is 13.4. The number of carbonyl (C=O) groups excluding carboxylic acids is 1. The third kappa shape index (κ3) is 13.6. The molecule has 0 saturated heterocycles. The number of carboxylic acids is 1. The molecule has 126 valence electrons. The molecule has 0 rings (SSSR count). The van der Waals surface area contributed by atoms with Gasteiger partial charge in [0.2, 0.25) is 5.91 Å². The Morgan fingerprint density at radius 1 is 0.955 bits per heavy atom. The van der Waals surface area contributed by atoms with Gasteiger partial charge in [-0.25, -0.2) is 4.79 Å². The van der Waals surface area contributed by atoms with Gasteiger partial charge in [0.15, 0.2) is 6.04 Å². The number of carboxylic acid groups (broad SMARTS) is 1. The fourth-order valence-electron chi connectivity index (χ4n) is 2.23. The van der Waals surface area contributed by atoms with E-state index in [9.17, 15) is 14.7 Å². The molecule has 0 heterocycles. The van der Waals surface area contributed by atoms with Crippen molar-refractivity contribution < 1.29 is 19.8 Å². The van der Waals surface area contributed by atoms with E-state index in [2.05, 4.69) is 12.2 Å². The van der Waals surface area contributed by atoms with Gasteiger partial charge >= 0.3 is 35.5 Å². The predicted molar refractivity (Wildman–Crippen MR) is 90.2 cm³/mol. The Hall–Kier alpha value is -0.100. The van der Waals surface area contributed by atoms with Crippen molar-refractivity contribution in [2.45, 2.75) is 90.2 Å². The molecule has 22 heavy (non-hydrogen) atoms. The van der Waals surface area contributed by atoms with Gasteiger partial charge in [0, 0.05) is 6.42 Å². The van der Waals surface area contributed by atoms with Gasteiger partial charge in [-0.2, -0.15) is 0 Å². The van der Waals surface area contributed by atoms with Crippen molar-refractivity contribution in [2.24, 2.45) is 0 Å². The molecule has 5 nitrogen and oxygen atoms in total. The first kappa shape index (κ1) is 24.2. The number of carbonyl (C=O) groups is 2. The van der Waals surface area contributed by atoms with Crippen molar-refractivity contribution in [3.8, 4) is 0 Å². The van der Waals surface area contributed by atoms with Crippen molar-refractivity contribution >= 4 is 41.4 Å². The average Bonchev–Trinajstić information content (AvgIpc) is 2.42. The molecule has 3 N–H and O–H groups in total. The van der Waals surface area contributed by atoms with Crippen LogP contribution in [0.1, 0.15) is 78.1 Å². The molecular weight excluding hydrogens is 293 g/mol. The normalized spacial score (nSPS) is 13.0. The summed E-state index contributed by atoms with van der Waals surface area (Å²) in [6, 6.07) is -1.21. The van der Waals surface area contributed by atoms with Crippen LogP contribution in [-0.2, 0) is 9.59 Å². The zero-order chi connectivity index (χ0) is 16.1. The van der Waals surface area contributed by atoms with Crippen molar-refractivity contribution in [3.05, 3.63) is 0 Å². The van der Waals surface area contributed by atoms with Crippen molar-refractivity contribution in [1.82, 2.24) is 5.32 Å². The van der Waals surface area contributed by atoms with Gasteiger partial charge in [0.05, 0.1) is 6.10 Å². The molecule has 2 atom stereocenters. The minimum absolute atomic E-state index is 0. The third-order valence-corrected chi connectivity index (χ3v) is 3.57. The molecule has 0 aromatic carbocycles. The van der Waals surface area contributed by atoms with E-state index in [-0.39, 0.29) is 35.5 Å². The number of hydrogen-bond acceptors (Lipinski definition) is 3. The Morgan fingerprint density at radius 3 is 1.82 bits per heavy atom. The Kier molecular flexibility index (Phi) is 17.3. The SMILES string of the molecule is CCCCCCCCCCCC(=O)NC(C(=O)O)C(C)O.[NaH]. The summed E-state index contributed by atoms with van der Waals surface area (Å²) in [6.45, 7) is 3.56. The summed E-state index contributed by atoms with van der Waals surface area (Å²) in [5, 5.41) is 20.5. The van der Waals surface area contributed by atoms with Gasteiger partial charge < -0.3 is 15.5 Å². The Balaban J connectivity index is 0. The van der Waals surface area contributed by atoms with E-state index >= 15 is 0 Å². The Labute approximate surface area is 156 Å². The van der Waals surface area contributed by atoms with Gasteiger partial charge in [0.25, 0.3) is 0 Å². The van der Waals surface area contributed by atoms with Crippen LogP contribution in [0.15, 0.2) is 0 Å². The van der Waals surface area contributed by atoms with Crippen LogP contribution in [0.3, 0.4) is 0 Å². The molecule has 0 radical (unpaired) electrons. The van der Waals surface area contributed by atoms with Crippen LogP contribution in [0, 0.1) is 0 Å². The van der Waals surface area contributed by atoms with Gasteiger partial charge in [-0.15, -0.1) is 0 Å². The molecule has 0 aromatic heterocycles. The van der Waals surface area contributed by atoms with E-state index in [4.69, 9.17) is 5.11 Å². The van der Waals surface area contributed by atoms with Crippen LogP contribution in [0.4, 0.5) is 0 Å². The quantitative estimate of drug-likeness (QED) is 0.358. The molecular formula is C16H32NNaO4. The molecule has 6 heteroatoms. The van der Waals surface area contributed by atoms with E-state index in [0.29, 0.717) is 6.42 Å². The maximum atomic E-state index is 11.6. The van der Waals surface area contributed by atoms with Gasteiger partial charge in [-0.1, -0.05) is 58.3 Å². The molecule has 0 aliphatic carbocycles. The maximum absolute atomic E-state index is 11.6. The third-order valence-electron chi connectivity index (χ3n) is 3.57. The summed E-state index contributed by atoms with van der Waals surface area (Å²) >= 11 is 0. The van der Waals surface area contributed by atoms with Gasteiger partial charge in [0.1, 0.15) is 0 Å². The molecule has 0 fully saturated rings. The van der Waals surface area contributed by atoms with Crippen molar-refractivity contribution in [2.75, 3.05) is 0 Å². The fourth-order valence-corrected chi connectivity index (χ4v) is 2.23. The summed E-state index contributed by atoms with van der Waals surface area (Å²) in [5.74, 6) is -1.50. The molecule has 1 amide bonds. The molecule has 0 aliphatic heterocycles. The van der Waals surface area contributed by atoms with Crippen LogP contribution >= 0.6 is 0 Å². The van der Waals surface area contributed by atoms with E-state index in [1.54, 1.807) is 0 Å². The monoisotopic (exact) mass is 325 g/mol. The van der Waals surface area contributed by atoms with Crippen LogP contribution in [0.2, 0.25) is 0 Å². The number of rotatable bonds is 13. The fraction of sp³-hybridized carbons (Fsp3) is 0.875. The molecule has 2 unspecified atom stereocenters. The summed E-state index contributed by atoms with van der Waals surface area (Å²) in [7, 11) is 0. The summed E-state index contributed by atoms with van der Waals surface area (Å²) in [4.78, 5) is 22.4. The topological polar surface area (TPSA) is 86.6 Å². The second kappa shape index (κ2) is 15.8. The molecule has 0 bridgehead atoms. The first-order chi connectivity index (χ1) is 9.99. The minimum atomic E-state index is -1.21. The van der Waals surface area contributed by atoms with Crippen LogP contribution in [0.5, 0.6) is 0 Å². The number of hydrogen-bond donors (Lipinski definition) is 3. The second-order valence-corrected chi connectivity index (χ2v) is 5.70.